The Bertz CT molecular complexity index is 437. The van der Waals surface area contributed by atoms with Crippen molar-refractivity contribution in [3.8, 4) is 0 Å². The summed E-state index contributed by atoms with van der Waals surface area (Å²) in [6.07, 6.45) is 3.59. The van der Waals surface area contributed by atoms with Gasteiger partial charge in [-0.15, -0.1) is 0 Å². The molecule has 0 aliphatic carbocycles. The van der Waals surface area contributed by atoms with Gasteiger partial charge in [0, 0.05) is 21.7 Å². The number of nitrogens with zero attached hydrogens (tertiary/aromatic N) is 1. The van der Waals surface area contributed by atoms with E-state index in [-0.39, 0.29) is 0 Å². The van der Waals surface area contributed by atoms with Crippen LogP contribution in [-0.2, 0) is 6.54 Å². The van der Waals surface area contributed by atoms with Crippen LogP contribution in [0.3, 0.4) is 0 Å². The third kappa shape index (κ3) is 2.50. The van der Waals surface area contributed by atoms with Crippen molar-refractivity contribution >= 4 is 28.3 Å². The highest BCUT2D eigenvalue weighted by Crippen LogP contribution is 2.20. The van der Waals surface area contributed by atoms with Gasteiger partial charge in [0.15, 0.2) is 0 Å². The molecule has 78 valence electrons. The van der Waals surface area contributed by atoms with E-state index in [0.717, 1.165) is 12.4 Å². The van der Waals surface area contributed by atoms with Crippen LogP contribution in [-0.4, -0.2) is 9.97 Å². The third-order valence-corrected chi connectivity index (χ3v) is 3.44. The van der Waals surface area contributed by atoms with E-state index in [1.54, 1.807) is 6.20 Å². The number of hydrogen-bond acceptors (Lipinski definition) is 2. The van der Waals surface area contributed by atoms with E-state index >= 15 is 0 Å². The maximum absolute atomic E-state index is 4.16. The van der Waals surface area contributed by atoms with Crippen LogP contribution in [0, 0.1) is 10.5 Å². The normalized spacial score (nSPS) is 10.3. The molecular weight excluding hydrogens is 301 g/mol. The molecular formula is C11H12IN3. The number of aromatic nitrogens is 2. The molecule has 0 radical (unpaired) electrons. The van der Waals surface area contributed by atoms with Crippen LogP contribution in [0.1, 0.15) is 11.4 Å². The zero-order valence-electron chi connectivity index (χ0n) is 8.42. The molecule has 0 saturated carbocycles. The SMILES string of the molecule is Cc1c(I)cccc1NCc1ncc[nH]1. The number of anilines is 1. The van der Waals surface area contributed by atoms with Crippen LogP contribution in [0.25, 0.3) is 0 Å². The van der Waals surface area contributed by atoms with Gasteiger partial charge in [0.1, 0.15) is 5.82 Å². The molecule has 1 aromatic carbocycles. The Balaban J connectivity index is 2.08. The van der Waals surface area contributed by atoms with Crippen molar-refractivity contribution in [3.63, 3.8) is 0 Å². The summed E-state index contributed by atoms with van der Waals surface area (Å²) in [5.41, 5.74) is 2.45. The van der Waals surface area contributed by atoms with Gasteiger partial charge in [-0.25, -0.2) is 4.98 Å². The minimum absolute atomic E-state index is 0.730. The lowest BCUT2D eigenvalue weighted by Gasteiger charge is -2.09. The largest absolute Gasteiger partial charge is 0.378 e. The second-order valence-corrected chi connectivity index (χ2v) is 4.46. The average Bonchev–Trinajstić information content (AvgIpc) is 2.73. The Labute approximate surface area is 102 Å². The summed E-state index contributed by atoms with van der Waals surface area (Å²) < 4.78 is 1.28. The zero-order chi connectivity index (χ0) is 10.7. The quantitative estimate of drug-likeness (QED) is 0.856. The van der Waals surface area contributed by atoms with E-state index < -0.39 is 0 Å². The number of hydrogen-bond donors (Lipinski definition) is 2. The summed E-state index contributed by atoms with van der Waals surface area (Å²) in [6, 6.07) is 6.24. The number of aromatic amines is 1. The first-order chi connectivity index (χ1) is 7.27. The predicted molar refractivity (Wildman–Crippen MR) is 69.8 cm³/mol. The fourth-order valence-corrected chi connectivity index (χ4v) is 1.87. The van der Waals surface area contributed by atoms with Crippen LogP contribution in [0.15, 0.2) is 30.6 Å². The average molecular weight is 313 g/mol. The highest BCUT2D eigenvalue weighted by atomic mass is 127. The van der Waals surface area contributed by atoms with Crippen molar-refractivity contribution in [3.05, 3.63) is 45.6 Å². The summed E-state index contributed by atoms with van der Waals surface area (Å²) in [6.45, 7) is 2.85. The Hall–Kier alpha value is -1.04. The van der Waals surface area contributed by atoms with Crippen molar-refractivity contribution in [2.45, 2.75) is 13.5 Å². The van der Waals surface area contributed by atoms with Gasteiger partial charge in [-0.1, -0.05) is 6.07 Å². The lowest BCUT2D eigenvalue weighted by Crippen LogP contribution is -2.03. The lowest BCUT2D eigenvalue weighted by molar-refractivity contribution is 0.997. The smallest absolute Gasteiger partial charge is 0.125 e. The van der Waals surface area contributed by atoms with E-state index in [9.17, 15) is 0 Å². The summed E-state index contributed by atoms with van der Waals surface area (Å²) in [7, 11) is 0. The molecule has 0 aliphatic rings. The Kier molecular flexibility index (Phi) is 3.25. The highest BCUT2D eigenvalue weighted by molar-refractivity contribution is 14.1. The first-order valence-electron chi connectivity index (χ1n) is 4.74. The molecule has 0 atom stereocenters. The van der Waals surface area contributed by atoms with Gasteiger partial charge >= 0.3 is 0 Å². The van der Waals surface area contributed by atoms with Gasteiger partial charge < -0.3 is 10.3 Å². The maximum atomic E-state index is 4.16. The molecule has 0 spiro atoms. The van der Waals surface area contributed by atoms with Gasteiger partial charge in [0.05, 0.1) is 6.54 Å². The van der Waals surface area contributed by atoms with Gasteiger partial charge in [-0.05, 0) is 47.2 Å². The summed E-state index contributed by atoms with van der Waals surface area (Å²) in [4.78, 5) is 7.23. The second kappa shape index (κ2) is 4.65. The van der Waals surface area contributed by atoms with Gasteiger partial charge in [-0.3, -0.25) is 0 Å². The molecule has 0 amide bonds. The first kappa shape index (κ1) is 10.5. The molecule has 1 heterocycles. The monoisotopic (exact) mass is 313 g/mol. The second-order valence-electron chi connectivity index (χ2n) is 3.30. The van der Waals surface area contributed by atoms with E-state index in [1.807, 2.05) is 6.20 Å². The van der Waals surface area contributed by atoms with Crippen LogP contribution < -0.4 is 5.32 Å². The minimum atomic E-state index is 0.730. The first-order valence-corrected chi connectivity index (χ1v) is 5.82. The standard InChI is InChI=1S/C11H12IN3/c1-8-9(12)3-2-4-10(8)15-7-11-13-5-6-14-11/h2-6,15H,7H2,1H3,(H,13,14). The molecule has 15 heavy (non-hydrogen) atoms. The Morgan fingerprint density at radius 2 is 2.33 bits per heavy atom. The van der Waals surface area contributed by atoms with Crippen molar-refractivity contribution in [2.24, 2.45) is 0 Å². The molecule has 0 bridgehead atoms. The Morgan fingerprint density at radius 3 is 3.07 bits per heavy atom. The molecule has 2 rings (SSSR count). The highest BCUT2D eigenvalue weighted by Gasteiger charge is 2.01. The third-order valence-electron chi connectivity index (χ3n) is 2.27. The number of halogens is 1. The molecule has 3 nitrogen and oxygen atoms in total. The molecule has 4 heteroatoms. The molecule has 2 N–H and O–H groups in total. The topological polar surface area (TPSA) is 40.7 Å². The predicted octanol–water partition coefficient (Wildman–Crippen LogP) is 2.93. The number of nitrogens with one attached hydrogen (secondary N) is 2. The van der Waals surface area contributed by atoms with Gasteiger partial charge in [0.25, 0.3) is 0 Å². The fraction of sp³-hybridized carbons (Fsp3) is 0.182. The van der Waals surface area contributed by atoms with E-state index in [2.05, 4.69) is 63.0 Å². The summed E-state index contributed by atoms with van der Waals surface area (Å²) >= 11 is 2.34. The van der Waals surface area contributed by atoms with Crippen LogP contribution in [0.5, 0.6) is 0 Å². The molecule has 0 aliphatic heterocycles. The van der Waals surface area contributed by atoms with Crippen LogP contribution in [0.2, 0.25) is 0 Å². The van der Waals surface area contributed by atoms with Crippen molar-refractivity contribution in [1.29, 1.82) is 0 Å². The fourth-order valence-electron chi connectivity index (χ4n) is 1.37. The van der Waals surface area contributed by atoms with Crippen molar-refractivity contribution in [2.75, 3.05) is 5.32 Å². The number of imidazole rings is 1. The van der Waals surface area contributed by atoms with Crippen LogP contribution >= 0.6 is 22.6 Å². The minimum Gasteiger partial charge on any atom is -0.378 e. The van der Waals surface area contributed by atoms with Gasteiger partial charge in [0.2, 0.25) is 0 Å². The van der Waals surface area contributed by atoms with Crippen LogP contribution in [0.4, 0.5) is 5.69 Å². The lowest BCUT2D eigenvalue weighted by atomic mass is 10.2. The summed E-state index contributed by atoms with van der Waals surface area (Å²) in [5.74, 6) is 0.952. The van der Waals surface area contributed by atoms with E-state index in [4.69, 9.17) is 0 Å². The molecule has 0 fully saturated rings. The molecule has 0 unspecified atom stereocenters. The van der Waals surface area contributed by atoms with Gasteiger partial charge in [-0.2, -0.15) is 0 Å². The molecule has 0 saturated heterocycles. The number of benzene rings is 1. The molecule has 2 aromatic rings. The van der Waals surface area contributed by atoms with E-state index in [0.29, 0.717) is 0 Å². The number of rotatable bonds is 3. The van der Waals surface area contributed by atoms with Crippen molar-refractivity contribution in [1.82, 2.24) is 9.97 Å². The Morgan fingerprint density at radius 1 is 1.47 bits per heavy atom. The maximum Gasteiger partial charge on any atom is 0.125 e. The van der Waals surface area contributed by atoms with Crippen molar-refractivity contribution < 1.29 is 0 Å². The molecule has 1 aromatic heterocycles. The number of H-pyrrole nitrogens is 1. The summed E-state index contributed by atoms with van der Waals surface area (Å²) in [5, 5.41) is 3.36. The zero-order valence-corrected chi connectivity index (χ0v) is 10.6. The van der Waals surface area contributed by atoms with E-state index in [1.165, 1.54) is 14.8 Å².